The third kappa shape index (κ3) is 3.43. The highest BCUT2D eigenvalue weighted by atomic mass is 35.5. The topological polar surface area (TPSA) is 12.0 Å². The van der Waals surface area contributed by atoms with E-state index in [1.807, 2.05) is 0 Å². The molecule has 1 N–H and O–H groups in total. The van der Waals surface area contributed by atoms with Gasteiger partial charge < -0.3 is 5.32 Å². The van der Waals surface area contributed by atoms with Gasteiger partial charge in [-0.3, -0.25) is 0 Å². The molecule has 1 aromatic rings. The first-order valence-corrected chi connectivity index (χ1v) is 6.66. The molecule has 3 heteroatoms. The second-order valence-corrected chi connectivity index (χ2v) is 5.63. The number of hydrogen-bond acceptors (Lipinski definition) is 1. The van der Waals surface area contributed by atoms with E-state index < -0.39 is 0 Å². The molecule has 0 aromatic heterocycles. The van der Waals surface area contributed by atoms with Gasteiger partial charge in [0.25, 0.3) is 0 Å². The number of nitrogens with one attached hydrogen (secondary N) is 1. The van der Waals surface area contributed by atoms with Crippen LogP contribution in [0.4, 0.5) is 4.39 Å². The van der Waals surface area contributed by atoms with Crippen LogP contribution in [-0.4, -0.2) is 5.54 Å². The summed E-state index contributed by atoms with van der Waals surface area (Å²) in [5.74, 6) is -0.348. The molecule has 1 fully saturated rings. The highest BCUT2D eigenvalue weighted by Gasteiger charge is 2.25. The van der Waals surface area contributed by atoms with E-state index >= 15 is 0 Å². The van der Waals surface area contributed by atoms with Gasteiger partial charge >= 0.3 is 0 Å². The number of rotatable bonds is 3. The molecule has 1 aromatic carbocycles. The van der Waals surface area contributed by atoms with Crippen molar-refractivity contribution in [2.75, 3.05) is 0 Å². The molecule has 0 bridgehead atoms. The molecule has 94 valence electrons. The van der Waals surface area contributed by atoms with Crippen molar-refractivity contribution in [3.8, 4) is 0 Å². The Morgan fingerprint density at radius 2 is 2.00 bits per heavy atom. The summed E-state index contributed by atoms with van der Waals surface area (Å²) in [6, 6.07) is 4.93. The average molecular weight is 256 g/mol. The van der Waals surface area contributed by atoms with E-state index in [1.54, 1.807) is 12.1 Å². The van der Waals surface area contributed by atoms with Crippen molar-refractivity contribution in [2.24, 2.45) is 0 Å². The first-order valence-electron chi connectivity index (χ1n) is 6.28. The summed E-state index contributed by atoms with van der Waals surface area (Å²) >= 11 is 5.77. The molecule has 0 aliphatic heterocycles. The average Bonchev–Trinajstić information content (AvgIpc) is 2.32. The molecule has 17 heavy (non-hydrogen) atoms. The van der Waals surface area contributed by atoms with Gasteiger partial charge in [-0.2, -0.15) is 0 Å². The molecule has 1 nitrogen and oxygen atoms in total. The Hall–Kier alpha value is -0.600. The van der Waals surface area contributed by atoms with Gasteiger partial charge in [0, 0.05) is 12.1 Å². The lowest BCUT2D eigenvalue weighted by Gasteiger charge is -2.34. The molecule has 0 radical (unpaired) electrons. The predicted octanol–water partition coefficient (Wildman–Crippen LogP) is 4.29. The summed E-state index contributed by atoms with van der Waals surface area (Å²) in [5, 5.41) is 3.79. The number of halogens is 2. The number of benzene rings is 1. The van der Waals surface area contributed by atoms with E-state index in [0.717, 1.165) is 12.1 Å². The second-order valence-electron chi connectivity index (χ2n) is 5.22. The van der Waals surface area contributed by atoms with Crippen LogP contribution in [0.1, 0.15) is 44.6 Å². The smallest absolute Gasteiger partial charge is 0.141 e. The van der Waals surface area contributed by atoms with Crippen LogP contribution in [0.3, 0.4) is 0 Å². The summed E-state index contributed by atoms with van der Waals surface area (Å²) in [5.41, 5.74) is 1.28. The van der Waals surface area contributed by atoms with Crippen molar-refractivity contribution in [1.29, 1.82) is 0 Å². The van der Waals surface area contributed by atoms with Gasteiger partial charge in [-0.25, -0.2) is 4.39 Å². The molecule has 1 aliphatic carbocycles. The molecule has 0 amide bonds. The van der Waals surface area contributed by atoms with E-state index in [2.05, 4.69) is 12.2 Å². The summed E-state index contributed by atoms with van der Waals surface area (Å²) in [4.78, 5) is 0. The maximum Gasteiger partial charge on any atom is 0.141 e. The third-order valence-corrected chi connectivity index (χ3v) is 3.95. The van der Waals surface area contributed by atoms with Crippen LogP contribution in [0.25, 0.3) is 0 Å². The minimum atomic E-state index is -0.348. The van der Waals surface area contributed by atoms with Gasteiger partial charge in [-0.1, -0.05) is 36.9 Å². The molecule has 0 unspecified atom stereocenters. The maximum atomic E-state index is 13.0. The summed E-state index contributed by atoms with van der Waals surface area (Å²) in [6.07, 6.45) is 6.39. The molecule has 0 spiro atoms. The van der Waals surface area contributed by atoms with Crippen molar-refractivity contribution in [3.63, 3.8) is 0 Å². The Bertz CT molecular complexity index is 386. The summed E-state index contributed by atoms with van der Waals surface area (Å²) in [6.45, 7) is 3.04. The van der Waals surface area contributed by atoms with Crippen molar-refractivity contribution >= 4 is 11.6 Å². The van der Waals surface area contributed by atoms with Gasteiger partial charge in [0.2, 0.25) is 0 Å². The summed E-state index contributed by atoms with van der Waals surface area (Å²) < 4.78 is 13.0. The first-order chi connectivity index (χ1) is 8.09. The van der Waals surface area contributed by atoms with Crippen LogP contribution in [-0.2, 0) is 6.54 Å². The lowest BCUT2D eigenvalue weighted by atomic mass is 9.83. The van der Waals surface area contributed by atoms with Crippen LogP contribution in [0.5, 0.6) is 0 Å². The van der Waals surface area contributed by atoms with Crippen LogP contribution in [0.2, 0.25) is 5.02 Å². The van der Waals surface area contributed by atoms with Gasteiger partial charge in [0.1, 0.15) is 5.82 Å². The summed E-state index contributed by atoms with van der Waals surface area (Å²) in [7, 11) is 0. The van der Waals surface area contributed by atoms with Crippen molar-refractivity contribution in [2.45, 2.75) is 51.1 Å². The SMILES string of the molecule is CC1(NCc2ccc(F)c(Cl)c2)CCCCC1. The fourth-order valence-electron chi connectivity index (χ4n) is 2.47. The Kier molecular flexibility index (Phi) is 4.05. The fourth-order valence-corrected chi connectivity index (χ4v) is 2.68. The fraction of sp³-hybridized carbons (Fsp3) is 0.571. The Morgan fingerprint density at radius 1 is 1.29 bits per heavy atom. The lowest BCUT2D eigenvalue weighted by Crippen LogP contribution is -2.43. The van der Waals surface area contributed by atoms with Gasteiger partial charge in [-0.15, -0.1) is 0 Å². The monoisotopic (exact) mass is 255 g/mol. The molecule has 0 saturated heterocycles. The van der Waals surface area contributed by atoms with Crippen LogP contribution >= 0.6 is 11.6 Å². The predicted molar refractivity (Wildman–Crippen MR) is 69.7 cm³/mol. The Balaban J connectivity index is 1.94. The zero-order valence-corrected chi connectivity index (χ0v) is 11.0. The largest absolute Gasteiger partial charge is 0.307 e. The van der Waals surface area contributed by atoms with Gasteiger partial charge in [0.05, 0.1) is 5.02 Å². The van der Waals surface area contributed by atoms with Crippen LogP contribution in [0.15, 0.2) is 18.2 Å². The standard InChI is InChI=1S/C14H19ClFN/c1-14(7-3-2-4-8-14)17-10-11-5-6-13(16)12(15)9-11/h5-6,9,17H,2-4,7-8,10H2,1H3. The third-order valence-electron chi connectivity index (χ3n) is 3.66. The first kappa shape index (κ1) is 12.8. The van der Waals surface area contributed by atoms with Crippen molar-refractivity contribution < 1.29 is 4.39 Å². The Morgan fingerprint density at radius 3 is 2.65 bits per heavy atom. The van der Waals surface area contributed by atoms with Crippen molar-refractivity contribution in [1.82, 2.24) is 5.32 Å². The second kappa shape index (κ2) is 5.36. The van der Waals surface area contributed by atoms with Crippen LogP contribution < -0.4 is 5.32 Å². The van der Waals surface area contributed by atoms with Gasteiger partial charge in [0.15, 0.2) is 0 Å². The van der Waals surface area contributed by atoms with E-state index in [0.29, 0.717) is 0 Å². The normalized spacial score (nSPS) is 19.2. The quantitative estimate of drug-likeness (QED) is 0.850. The maximum absolute atomic E-state index is 13.0. The molecule has 1 aliphatic rings. The van der Waals surface area contributed by atoms with E-state index in [9.17, 15) is 4.39 Å². The minimum Gasteiger partial charge on any atom is -0.307 e. The molecule has 0 heterocycles. The van der Waals surface area contributed by atoms with E-state index in [4.69, 9.17) is 11.6 Å². The van der Waals surface area contributed by atoms with Crippen molar-refractivity contribution in [3.05, 3.63) is 34.6 Å². The lowest BCUT2D eigenvalue weighted by molar-refractivity contribution is 0.252. The zero-order valence-electron chi connectivity index (χ0n) is 10.2. The molecule has 0 atom stereocenters. The molecular weight excluding hydrogens is 237 g/mol. The van der Waals surface area contributed by atoms with E-state index in [-0.39, 0.29) is 16.4 Å². The van der Waals surface area contributed by atoms with Gasteiger partial charge in [-0.05, 0) is 37.5 Å². The number of hydrogen-bond donors (Lipinski definition) is 1. The molecule has 2 rings (SSSR count). The highest BCUT2D eigenvalue weighted by Crippen LogP contribution is 2.28. The zero-order chi connectivity index (χ0) is 12.3. The highest BCUT2D eigenvalue weighted by molar-refractivity contribution is 6.30. The van der Waals surface area contributed by atoms with Crippen LogP contribution in [0, 0.1) is 5.82 Å². The Labute approximate surface area is 107 Å². The minimum absolute atomic E-state index is 0.207. The molecule has 1 saturated carbocycles. The van der Waals surface area contributed by atoms with E-state index in [1.165, 1.54) is 38.2 Å². The molecular formula is C14H19ClFN.